The number of rotatable bonds is 44. The quantitative estimate of drug-likeness (QED) is 0.0215. The second-order valence-electron chi connectivity index (χ2n) is 17.1. The summed E-state index contributed by atoms with van der Waals surface area (Å²) in [6, 6.07) is 0. The molecule has 0 heterocycles. The number of esters is 1. The molecule has 0 amide bonds. The molecular formula is C48H93NO7P+. The maximum absolute atomic E-state index is 12.7. The lowest BCUT2D eigenvalue weighted by Crippen LogP contribution is -2.37. The predicted molar refractivity (Wildman–Crippen MR) is 243 cm³/mol. The van der Waals surface area contributed by atoms with Crippen LogP contribution in [-0.2, 0) is 27.9 Å². The Bertz CT molecular complexity index is 1010. The van der Waals surface area contributed by atoms with Crippen molar-refractivity contribution in [3.05, 3.63) is 36.5 Å². The van der Waals surface area contributed by atoms with Crippen LogP contribution in [0.5, 0.6) is 0 Å². The van der Waals surface area contributed by atoms with Crippen LogP contribution in [0.2, 0.25) is 0 Å². The number of likely N-dealkylation sites (N-methyl/N-ethyl adjacent to an activating group) is 1. The lowest BCUT2D eigenvalue weighted by Gasteiger charge is -2.24. The number of allylic oxidation sites excluding steroid dienone is 6. The molecule has 57 heavy (non-hydrogen) atoms. The third-order valence-corrected chi connectivity index (χ3v) is 11.2. The minimum atomic E-state index is -4.28. The van der Waals surface area contributed by atoms with Gasteiger partial charge in [0, 0.05) is 13.0 Å². The van der Waals surface area contributed by atoms with Crippen LogP contribution in [0.15, 0.2) is 36.5 Å². The molecule has 0 aromatic carbocycles. The third-order valence-electron chi connectivity index (χ3n) is 10.2. The van der Waals surface area contributed by atoms with Gasteiger partial charge in [-0.3, -0.25) is 13.8 Å². The van der Waals surface area contributed by atoms with Crippen LogP contribution in [0.4, 0.5) is 0 Å². The molecule has 1 N–H and O–H groups in total. The van der Waals surface area contributed by atoms with Crippen molar-refractivity contribution in [1.82, 2.24) is 0 Å². The summed E-state index contributed by atoms with van der Waals surface area (Å²) < 4.78 is 35.0. The van der Waals surface area contributed by atoms with E-state index in [1.807, 2.05) is 21.1 Å². The zero-order valence-electron chi connectivity index (χ0n) is 38.1. The highest BCUT2D eigenvalue weighted by atomic mass is 31.2. The third kappa shape index (κ3) is 45.7. The van der Waals surface area contributed by atoms with Gasteiger partial charge in [0.1, 0.15) is 19.3 Å². The van der Waals surface area contributed by atoms with Crippen LogP contribution in [-0.4, -0.2) is 75.6 Å². The van der Waals surface area contributed by atoms with Gasteiger partial charge in [-0.25, -0.2) is 4.57 Å². The van der Waals surface area contributed by atoms with E-state index in [0.29, 0.717) is 24.1 Å². The summed E-state index contributed by atoms with van der Waals surface area (Å²) in [6.07, 6.45) is 49.1. The van der Waals surface area contributed by atoms with Crippen molar-refractivity contribution in [2.75, 3.05) is 54.1 Å². The maximum Gasteiger partial charge on any atom is 0.472 e. The zero-order valence-corrected chi connectivity index (χ0v) is 39.0. The molecule has 0 fully saturated rings. The van der Waals surface area contributed by atoms with Crippen molar-refractivity contribution in [1.29, 1.82) is 0 Å². The summed E-state index contributed by atoms with van der Waals surface area (Å²) in [6.45, 7) is 5.50. The lowest BCUT2D eigenvalue weighted by atomic mass is 10.0. The molecule has 9 heteroatoms. The topological polar surface area (TPSA) is 91.3 Å². The van der Waals surface area contributed by atoms with Gasteiger partial charge in [-0.15, -0.1) is 0 Å². The molecular weight excluding hydrogens is 734 g/mol. The fourth-order valence-electron chi connectivity index (χ4n) is 6.57. The van der Waals surface area contributed by atoms with Gasteiger partial charge in [-0.05, 0) is 44.9 Å². The molecule has 8 nitrogen and oxygen atoms in total. The van der Waals surface area contributed by atoms with E-state index in [9.17, 15) is 14.3 Å². The Morgan fingerprint density at radius 2 is 1.02 bits per heavy atom. The zero-order chi connectivity index (χ0) is 42.0. The fourth-order valence-corrected chi connectivity index (χ4v) is 7.31. The number of phosphoric ester groups is 1. The largest absolute Gasteiger partial charge is 0.472 e. The maximum atomic E-state index is 12.7. The van der Waals surface area contributed by atoms with Crippen molar-refractivity contribution in [3.8, 4) is 0 Å². The Balaban J connectivity index is 4.12. The highest BCUT2D eigenvalue weighted by Crippen LogP contribution is 2.43. The number of carbonyl (C=O) groups is 1. The summed E-state index contributed by atoms with van der Waals surface area (Å²) in [5, 5.41) is 0. The Morgan fingerprint density at radius 3 is 1.51 bits per heavy atom. The van der Waals surface area contributed by atoms with Crippen LogP contribution in [0.25, 0.3) is 0 Å². The Kier molecular flexibility index (Phi) is 40.5. The van der Waals surface area contributed by atoms with Crippen molar-refractivity contribution in [3.63, 3.8) is 0 Å². The smallest absolute Gasteiger partial charge is 0.457 e. The molecule has 0 aliphatic rings. The molecule has 2 unspecified atom stereocenters. The number of quaternary nitrogens is 1. The highest BCUT2D eigenvalue weighted by Gasteiger charge is 2.26. The van der Waals surface area contributed by atoms with Gasteiger partial charge < -0.3 is 18.9 Å². The Hall–Kier alpha value is -1.28. The first-order valence-corrected chi connectivity index (χ1v) is 25.2. The van der Waals surface area contributed by atoms with Crippen molar-refractivity contribution < 1.29 is 37.3 Å². The molecule has 0 saturated heterocycles. The monoisotopic (exact) mass is 827 g/mol. The summed E-state index contributed by atoms with van der Waals surface area (Å²) in [5.41, 5.74) is 0. The minimum absolute atomic E-state index is 0.0836. The van der Waals surface area contributed by atoms with Crippen molar-refractivity contribution in [2.45, 2.75) is 213 Å². The predicted octanol–water partition coefficient (Wildman–Crippen LogP) is 14.2. The normalized spacial score (nSPS) is 14.0. The van der Waals surface area contributed by atoms with Gasteiger partial charge in [0.05, 0.1) is 34.4 Å². The van der Waals surface area contributed by atoms with Gasteiger partial charge in [0.2, 0.25) is 0 Å². The first-order valence-electron chi connectivity index (χ1n) is 23.7. The summed E-state index contributed by atoms with van der Waals surface area (Å²) in [4.78, 5) is 22.9. The van der Waals surface area contributed by atoms with E-state index in [0.717, 1.165) is 57.8 Å². The fraction of sp³-hybridized carbons (Fsp3) is 0.854. The number of nitrogens with zero attached hydrogens (tertiary/aromatic N) is 1. The number of hydrogen-bond donors (Lipinski definition) is 1. The van der Waals surface area contributed by atoms with Crippen LogP contribution in [0.1, 0.15) is 206 Å². The van der Waals surface area contributed by atoms with Crippen molar-refractivity contribution in [2.24, 2.45) is 0 Å². The average Bonchev–Trinajstić information content (AvgIpc) is 3.16. The number of ether oxygens (including phenoxy) is 2. The average molecular weight is 827 g/mol. The Labute approximate surface area is 353 Å². The molecule has 0 saturated carbocycles. The van der Waals surface area contributed by atoms with Crippen molar-refractivity contribution >= 4 is 13.8 Å². The second-order valence-corrected chi connectivity index (χ2v) is 18.6. The molecule has 336 valence electrons. The van der Waals surface area contributed by atoms with E-state index in [1.165, 1.54) is 128 Å². The van der Waals surface area contributed by atoms with Gasteiger partial charge in [0.25, 0.3) is 0 Å². The molecule has 0 aromatic heterocycles. The molecule has 0 spiro atoms. The van der Waals surface area contributed by atoms with Gasteiger partial charge >= 0.3 is 13.8 Å². The summed E-state index contributed by atoms with van der Waals surface area (Å²) in [5.74, 6) is -0.340. The number of phosphoric acid groups is 1. The van der Waals surface area contributed by atoms with E-state index in [4.69, 9.17) is 18.5 Å². The summed E-state index contributed by atoms with van der Waals surface area (Å²) in [7, 11) is 1.65. The molecule has 0 aromatic rings. The Morgan fingerprint density at radius 1 is 0.561 bits per heavy atom. The van der Waals surface area contributed by atoms with Crippen LogP contribution >= 0.6 is 7.82 Å². The number of carbonyl (C=O) groups excluding carboxylic acids is 1. The first kappa shape index (κ1) is 55.7. The molecule has 0 aliphatic carbocycles. The second kappa shape index (κ2) is 41.5. The standard InChI is InChI=1S/C48H92NO7P/c1-6-8-10-12-14-16-18-20-21-22-23-24-25-26-27-28-30-32-34-36-38-40-43-53-45-47(46-55-57(51,52)54-44-42-49(3,4)5)56-48(50)41-39-37-35-33-31-29-19-17-15-13-11-9-7-2/h9,11,15,17,29,31,47H,6-8,10,12-14,16,18-28,30,32-46H2,1-5H3/p+1/b11-9-,17-15-,31-29-. The van der Waals surface area contributed by atoms with E-state index in [-0.39, 0.29) is 25.8 Å². The molecule has 0 bridgehead atoms. The van der Waals surface area contributed by atoms with Gasteiger partial charge in [-0.2, -0.15) is 0 Å². The number of hydrogen-bond acceptors (Lipinski definition) is 6. The lowest BCUT2D eigenvalue weighted by molar-refractivity contribution is -0.870. The highest BCUT2D eigenvalue weighted by molar-refractivity contribution is 7.47. The van der Waals surface area contributed by atoms with Crippen LogP contribution < -0.4 is 0 Å². The first-order chi connectivity index (χ1) is 27.6. The van der Waals surface area contributed by atoms with E-state index in [2.05, 4.69) is 50.3 Å². The van der Waals surface area contributed by atoms with E-state index in [1.54, 1.807) is 0 Å². The van der Waals surface area contributed by atoms with E-state index >= 15 is 0 Å². The van der Waals surface area contributed by atoms with Gasteiger partial charge in [0.15, 0.2) is 0 Å². The SMILES string of the molecule is CC/C=C\C/C=C\C/C=C\CCCCCC(=O)OC(COCCCCCCCCCCCCCCCCCCCCCCCC)COP(=O)(O)OCC[N+](C)(C)C. The summed E-state index contributed by atoms with van der Waals surface area (Å²) >= 11 is 0. The van der Waals surface area contributed by atoms with Crippen LogP contribution in [0, 0.1) is 0 Å². The van der Waals surface area contributed by atoms with Crippen LogP contribution in [0.3, 0.4) is 0 Å². The minimum Gasteiger partial charge on any atom is -0.457 e. The molecule has 0 radical (unpaired) electrons. The van der Waals surface area contributed by atoms with E-state index < -0.39 is 13.9 Å². The molecule has 0 aliphatic heterocycles. The molecule has 2 atom stereocenters. The number of unbranched alkanes of at least 4 members (excludes halogenated alkanes) is 24. The van der Waals surface area contributed by atoms with Gasteiger partial charge in [-0.1, -0.05) is 192 Å². The molecule has 0 rings (SSSR count).